The van der Waals surface area contributed by atoms with E-state index in [0.29, 0.717) is 17.6 Å². The molecular formula is C20H18FN3O. The third-order valence-electron chi connectivity index (χ3n) is 5.53. The Kier molecular flexibility index (Phi) is 3.03. The maximum atomic E-state index is 13.4. The molecule has 0 bridgehead atoms. The third kappa shape index (κ3) is 2.12. The molecule has 5 heteroatoms. The van der Waals surface area contributed by atoms with Gasteiger partial charge in [0.25, 0.3) is 5.91 Å². The SMILES string of the molecule is O=C(c1cc2cc(F)ccc2[nH]1)N1C[C@]2(CCNC2)c2ccccc21. The van der Waals surface area contributed by atoms with Crippen molar-refractivity contribution in [1.82, 2.24) is 10.3 Å². The molecule has 1 fully saturated rings. The molecule has 4 nitrogen and oxygen atoms in total. The number of carbonyl (C=O) groups is 1. The fourth-order valence-corrected chi connectivity index (χ4v) is 4.28. The van der Waals surface area contributed by atoms with E-state index in [1.807, 2.05) is 23.1 Å². The number of hydrogen-bond donors (Lipinski definition) is 2. The lowest BCUT2D eigenvalue weighted by Crippen LogP contribution is -2.38. The molecule has 3 heterocycles. The topological polar surface area (TPSA) is 48.1 Å². The van der Waals surface area contributed by atoms with Gasteiger partial charge in [0, 0.05) is 35.1 Å². The molecule has 1 spiro atoms. The average Bonchev–Trinajstić information content (AvgIpc) is 3.33. The van der Waals surface area contributed by atoms with Gasteiger partial charge < -0.3 is 15.2 Å². The predicted molar refractivity (Wildman–Crippen MR) is 95.5 cm³/mol. The molecule has 2 aliphatic rings. The van der Waals surface area contributed by atoms with Crippen molar-refractivity contribution in [1.29, 1.82) is 0 Å². The van der Waals surface area contributed by atoms with Crippen LogP contribution in [-0.2, 0) is 5.41 Å². The van der Waals surface area contributed by atoms with E-state index in [0.717, 1.165) is 30.7 Å². The highest BCUT2D eigenvalue weighted by Gasteiger charge is 2.46. The standard InChI is InChI=1S/C20H18FN3O/c21-14-5-6-16-13(9-14)10-17(23-16)19(25)24-12-20(7-8-22-11-20)15-3-1-2-4-18(15)24/h1-6,9-10,22-23H,7-8,11-12H2/t20-/m1/s1. The fourth-order valence-electron chi connectivity index (χ4n) is 4.28. The summed E-state index contributed by atoms with van der Waals surface area (Å²) >= 11 is 0. The molecule has 126 valence electrons. The molecule has 1 amide bonds. The highest BCUT2D eigenvalue weighted by molar-refractivity contribution is 6.09. The number of amides is 1. The average molecular weight is 335 g/mol. The molecule has 2 N–H and O–H groups in total. The van der Waals surface area contributed by atoms with Crippen LogP contribution in [0.4, 0.5) is 10.1 Å². The summed E-state index contributed by atoms with van der Waals surface area (Å²) in [5.74, 6) is -0.360. The van der Waals surface area contributed by atoms with E-state index in [4.69, 9.17) is 0 Å². The van der Waals surface area contributed by atoms with Gasteiger partial charge in [0.05, 0.1) is 0 Å². The van der Waals surface area contributed by atoms with Crippen LogP contribution in [0, 0.1) is 5.82 Å². The molecule has 1 saturated heterocycles. The first-order chi connectivity index (χ1) is 12.2. The molecule has 3 aromatic rings. The Bertz CT molecular complexity index is 988. The Labute approximate surface area is 144 Å². The van der Waals surface area contributed by atoms with Crippen molar-refractivity contribution >= 4 is 22.5 Å². The maximum absolute atomic E-state index is 13.4. The Hall–Kier alpha value is -2.66. The summed E-state index contributed by atoms with van der Waals surface area (Å²) in [6.07, 6.45) is 1.03. The number of aromatic nitrogens is 1. The number of halogens is 1. The summed E-state index contributed by atoms with van der Waals surface area (Å²) in [4.78, 5) is 18.2. The van der Waals surface area contributed by atoms with Crippen molar-refractivity contribution in [3.63, 3.8) is 0 Å². The van der Waals surface area contributed by atoms with Crippen LogP contribution in [0.1, 0.15) is 22.5 Å². The maximum Gasteiger partial charge on any atom is 0.274 e. The highest BCUT2D eigenvalue weighted by Crippen LogP contribution is 2.44. The molecule has 25 heavy (non-hydrogen) atoms. The van der Waals surface area contributed by atoms with Crippen molar-refractivity contribution < 1.29 is 9.18 Å². The van der Waals surface area contributed by atoms with Crippen LogP contribution < -0.4 is 10.2 Å². The van der Waals surface area contributed by atoms with Gasteiger partial charge in [0.2, 0.25) is 0 Å². The van der Waals surface area contributed by atoms with Crippen LogP contribution in [0.2, 0.25) is 0 Å². The van der Waals surface area contributed by atoms with Gasteiger partial charge in [-0.05, 0) is 48.9 Å². The normalized spacial score (nSPS) is 22.0. The van der Waals surface area contributed by atoms with Crippen LogP contribution in [-0.4, -0.2) is 30.5 Å². The van der Waals surface area contributed by atoms with Gasteiger partial charge in [0.1, 0.15) is 11.5 Å². The van der Waals surface area contributed by atoms with E-state index in [1.54, 1.807) is 12.1 Å². The molecule has 5 rings (SSSR count). The van der Waals surface area contributed by atoms with E-state index < -0.39 is 0 Å². The van der Waals surface area contributed by atoms with Gasteiger partial charge in [-0.3, -0.25) is 4.79 Å². The number of para-hydroxylation sites is 1. The Morgan fingerprint density at radius 3 is 2.88 bits per heavy atom. The number of aromatic amines is 1. The Balaban J connectivity index is 1.57. The van der Waals surface area contributed by atoms with Crippen LogP contribution in [0.5, 0.6) is 0 Å². The third-order valence-corrected chi connectivity index (χ3v) is 5.53. The van der Waals surface area contributed by atoms with Crippen LogP contribution in [0.3, 0.4) is 0 Å². The number of rotatable bonds is 1. The Morgan fingerprint density at radius 1 is 1.16 bits per heavy atom. The molecule has 1 atom stereocenters. The van der Waals surface area contributed by atoms with E-state index in [1.165, 1.54) is 17.7 Å². The largest absolute Gasteiger partial charge is 0.351 e. The zero-order chi connectivity index (χ0) is 17.0. The van der Waals surface area contributed by atoms with Crippen molar-refractivity contribution in [2.24, 2.45) is 0 Å². The number of nitrogens with zero attached hydrogens (tertiary/aromatic N) is 1. The number of carbonyl (C=O) groups excluding carboxylic acids is 1. The first kappa shape index (κ1) is 14.7. The molecule has 1 aromatic heterocycles. The first-order valence-corrected chi connectivity index (χ1v) is 8.57. The number of nitrogens with one attached hydrogen (secondary N) is 2. The van der Waals surface area contributed by atoms with Crippen LogP contribution in [0.15, 0.2) is 48.5 Å². The summed E-state index contributed by atoms with van der Waals surface area (Å²) in [6, 6.07) is 14.4. The second kappa shape index (κ2) is 5.17. The summed E-state index contributed by atoms with van der Waals surface area (Å²) in [5, 5.41) is 4.15. The summed E-state index contributed by atoms with van der Waals surface area (Å²) < 4.78 is 13.4. The van der Waals surface area contributed by atoms with Crippen molar-refractivity contribution in [3.8, 4) is 0 Å². The van der Waals surface area contributed by atoms with Crippen molar-refractivity contribution in [3.05, 3.63) is 65.6 Å². The molecule has 0 saturated carbocycles. The Morgan fingerprint density at radius 2 is 2.04 bits per heavy atom. The van der Waals surface area contributed by atoms with Crippen molar-refractivity contribution in [2.45, 2.75) is 11.8 Å². The van der Waals surface area contributed by atoms with E-state index in [2.05, 4.69) is 16.4 Å². The molecule has 2 aromatic carbocycles. The van der Waals surface area contributed by atoms with Gasteiger partial charge >= 0.3 is 0 Å². The minimum Gasteiger partial charge on any atom is -0.351 e. The fraction of sp³-hybridized carbons (Fsp3) is 0.250. The second-order valence-electron chi connectivity index (χ2n) is 7.03. The number of hydrogen-bond acceptors (Lipinski definition) is 2. The molecule has 0 unspecified atom stereocenters. The monoisotopic (exact) mass is 335 g/mol. The lowest BCUT2D eigenvalue weighted by Gasteiger charge is -2.23. The lowest BCUT2D eigenvalue weighted by molar-refractivity contribution is 0.0981. The number of H-pyrrole nitrogens is 1. The lowest BCUT2D eigenvalue weighted by atomic mass is 9.82. The molecular weight excluding hydrogens is 317 g/mol. The van der Waals surface area contributed by atoms with E-state index >= 15 is 0 Å². The predicted octanol–water partition coefficient (Wildman–Crippen LogP) is 3.20. The summed E-state index contributed by atoms with van der Waals surface area (Å²) in [7, 11) is 0. The number of fused-ring (bicyclic) bond motifs is 3. The van der Waals surface area contributed by atoms with Crippen molar-refractivity contribution in [2.75, 3.05) is 24.5 Å². The highest BCUT2D eigenvalue weighted by atomic mass is 19.1. The molecule has 0 radical (unpaired) electrons. The minimum absolute atomic E-state index is 0.00434. The summed E-state index contributed by atoms with van der Waals surface area (Å²) in [5.41, 5.74) is 3.51. The molecule has 0 aliphatic carbocycles. The first-order valence-electron chi connectivity index (χ1n) is 8.57. The van der Waals surface area contributed by atoms with Gasteiger partial charge in [0.15, 0.2) is 0 Å². The van der Waals surface area contributed by atoms with Crippen LogP contribution >= 0.6 is 0 Å². The van der Waals surface area contributed by atoms with Crippen LogP contribution in [0.25, 0.3) is 10.9 Å². The van der Waals surface area contributed by atoms with E-state index in [9.17, 15) is 9.18 Å². The minimum atomic E-state index is -0.298. The zero-order valence-electron chi connectivity index (χ0n) is 13.7. The van der Waals surface area contributed by atoms with Gasteiger partial charge in [-0.25, -0.2) is 4.39 Å². The second-order valence-corrected chi connectivity index (χ2v) is 7.03. The van der Waals surface area contributed by atoms with E-state index in [-0.39, 0.29) is 17.1 Å². The molecule has 2 aliphatic heterocycles. The summed E-state index contributed by atoms with van der Waals surface area (Å²) in [6.45, 7) is 2.55. The zero-order valence-corrected chi connectivity index (χ0v) is 13.7. The van der Waals surface area contributed by atoms with Gasteiger partial charge in [-0.2, -0.15) is 0 Å². The smallest absolute Gasteiger partial charge is 0.274 e. The quantitative estimate of drug-likeness (QED) is 0.717. The van der Waals surface area contributed by atoms with Gasteiger partial charge in [-0.15, -0.1) is 0 Å². The van der Waals surface area contributed by atoms with Gasteiger partial charge in [-0.1, -0.05) is 18.2 Å². The number of benzene rings is 2. The number of anilines is 1.